The van der Waals surface area contributed by atoms with Crippen molar-refractivity contribution in [1.29, 1.82) is 0 Å². The summed E-state index contributed by atoms with van der Waals surface area (Å²) in [5.74, 6) is 0.478. The first-order valence-corrected chi connectivity index (χ1v) is 17.5. The minimum atomic E-state index is -1.94. The number of ether oxygens (including phenoxy) is 1. The van der Waals surface area contributed by atoms with Gasteiger partial charge in [-0.15, -0.1) is 0 Å². The van der Waals surface area contributed by atoms with Gasteiger partial charge in [0.15, 0.2) is 8.24 Å². The zero-order valence-corrected chi connectivity index (χ0v) is 20.5. The van der Waals surface area contributed by atoms with E-state index in [2.05, 4.69) is 57.6 Å². The molecule has 1 aromatic carbocycles. The molecular formula is C17H29Cl2NO2SiZr. The molecule has 0 aromatic heterocycles. The van der Waals surface area contributed by atoms with Crippen LogP contribution in [0.5, 0.6) is 5.75 Å². The quantitative estimate of drug-likeness (QED) is 0.660. The van der Waals surface area contributed by atoms with Gasteiger partial charge >= 0.3 is 37.9 Å². The molecule has 1 unspecified atom stereocenters. The van der Waals surface area contributed by atoms with E-state index >= 15 is 0 Å². The molecule has 7 heteroatoms. The normalized spacial score (nSPS) is 18.3. The minimum absolute atomic E-state index is 0.0486. The molecule has 0 spiro atoms. The summed E-state index contributed by atoms with van der Waals surface area (Å²) in [7, 11) is 10.1. The molecule has 0 aliphatic carbocycles. The Bertz CT molecular complexity index is 532. The molecule has 2 rings (SSSR count). The predicted molar refractivity (Wildman–Crippen MR) is 102 cm³/mol. The summed E-state index contributed by atoms with van der Waals surface area (Å²) < 4.78 is 8.22. The van der Waals surface area contributed by atoms with Gasteiger partial charge in [-0.3, -0.25) is 4.57 Å². The van der Waals surface area contributed by atoms with Gasteiger partial charge in [-0.2, -0.15) is 0 Å². The maximum absolute atomic E-state index is 10.8. The molecule has 3 nitrogen and oxygen atoms in total. The Morgan fingerprint density at radius 1 is 1.29 bits per heavy atom. The molecule has 0 bridgehead atoms. The fraction of sp³-hybridized carbons (Fsp3) is 0.647. The van der Waals surface area contributed by atoms with Crippen molar-refractivity contribution in [2.45, 2.75) is 58.3 Å². The summed E-state index contributed by atoms with van der Waals surface area (Å²) in [4.78, 5) is 0. The van der Waals surface area contributed by atoms with Crippen LogP contribution < -0.4 is 5.19 Å². The maximum atomic E-state index is 10.8. The number of benzene rings is 1. The predicted octanol–water partition coefficient (Wildman–Crippen LogP) is 4.55. The number of nitrogens with zero attached hydrogens (tertiary/aromatic N) is 1. The molecule has 0 radical (unpaired) electrons. The van der Waals surface area contributed by atoms with Gasteiger partial charge in [-0.1, -0.05) is 52.1 Å². The van der Waals surface area contributed by atoms with Gasteiger partial charge in [0.1, 0.15) is 12.0 Å². The van der Waals surface area contributed by atoms with Crippen molar-refractivity contribution in [3.63, 3.8) is 0 Å². The van der Waals surface area contributed by atoms with E-state index in [1.807, 2.05) is 6.07 Å². The van der Waals surface area contributed by atoms with Crippen LogP contribution >= 0.6 is 17.0 Å². The van der Waals surface area contributed by atoms with Gasteiger partial charge in [0, 0.05) is 6.61 Å². The number of phenolic OH excluding ortho intramolecular Hbond substituents is 1. The van der Waals surface area contributed by atoms with E-state index in [1.54, 1.807) is 0 Å². The SMILES string of the molecule is CN(C1CCCO1)[Si](C)(C)c1cccc(C(C)(C)C)c1O.[Cl][Zr][Cl]. The van der Waals surface area contributed by atoms with Crippen LogP contribution in [0.25, 0.3) is 0 Å². The third-order valence-corrected chi connectivity index (χ3v) is 8.50. The summed E-state index contributed by atoms with van der Waals surface area (Å²) >= 11 is -0.826. The second-order valence-corrected chi connectivity index (χ2v) is 15.8. The molecule has 0 amide bonds. The molecule has 1 atom stereocenters. The summed E-state index contributed by atoms with van der Waals surface area (Å²) in [6.45, 7) is 11.9. The molecule has 1 aliphatic rings. The Morgan fingerprint density at radius 3 is 2.33 bits per heavy atom. The first-order chi connectivity index (χ1) is 11.1. The Hall–Kier alpha value is 0.620. The van der Waals surface area contributed by atoms with Crippen molar-refractivity contribution < 1.29 is 30.7 Å². The van der Waals surface area contributed by atoms with Crippen LogP contribution in [0.3, 0.4) is 0 Å². The van der Waals surface area contributed by atoms with Crippen molar-refractivity contribution in [3.05, 3.63) is 23.8 Å². The fourth-order valence-corrected chi connectivity index (χ4v) is 5.58. The molecule has 1 fully saturated rings. The molecule has 136 valence electrons. The van der Waals surface area contributed by atoms with Crippen molar-refractivity contribution in [2.75, 3.05) is 13.7 Å². The first-order valence-electron chi connectivity index (χ1n) is 8.21. The second-order valence-electron chi connectivity index (χ2n) is 7.66. The number of rotatable bonds is 3. The van der Waals surface area contributed by atoms with Crippen molar-refractivity contribution in [3.8, 4) is 5.75 Å². The van der Waals surface area contributed by atoms with E-state index in [0.717, 1.165) is 30.2 Å². The monoisotopic (exact) mass is 467 g/mol. The standard InChI is InChI=1S/C17H29NO2Si.2ClH.Zr/c1-17(2,3)13-9-7-10-14(16(13)19)21(5,6)18(4)15-11-8-12-20-15;;;/h7,9-10,15,19H,8,11-12H2,1-6H3;2*1H;/q;;;+2/p-2. The van der Waals surface area contributed by atoms with E-state index in [9.17, 15) is 5.11 Å². The molecule has 1 aromatic rings. The number of para-hydroxylation sites is 1. The molecule has 0 saturated carbocycles. The second kappa shape index (κ2) is 9.53. The summed E-state index contributed by atoms with van der Waals surface area (Å²) in [5.41, 5.74) is 0.980. The van der Waals surface area contributed by atoms with Gasteiger partial charge in [-0.25, -0.2) is 0 Å². The summed E-state index contributed by atoms with van der Waals surface area (Å²) in [5, 5.41) is 11.9. The van der Waals surface area contributed by atoms with Crippen LogP contribution in [-0.4, -0.2) is 37.8 Å². The Labute approximate surface area is 166 Å². The molecule has 1 N–H and O–H groups in total. The summed E-state index contributed by atoms with van der Waals surface area (Å²) in [6.07, 6.45) is 2.42. The van der Waals surface area contributed by atoms with Crippen LogP contribution in [0.15, 0.2) is 18.2 Å². The van der Waals surface area contributed by atoms with E-state index in [-0.39, 0.29) is 11.6 Å². The van der Waals surface area contributed by atoms with Gasteiger partial charge in [0.05, 0.1) is 0 Å². The van der Waals surface area contributed by atoms with Crippen molar-refractivity contribution in [2.24, 2.45) is 0 Å². The number of phenols is 1. The molecule has 1 saturated heterocycles. The molecule has 24 heavy (non-hydrogen) atoms. The topological polar surface area (TPSA) is 32.7 Å². The number of aromatic hydroxyl groups is 1. The Balaban J connectivity index is 0.000000891. The van der Waals surface area contributed by atoms with Crippen LogP contribution in [0.1, 0.15) is 39.2 Å². The van der Waals surface area contributed by atoms with E-state index in [1.165, 1.54) is 0 Å². The summed E-state index contributed by atoms with van der Waals surface area (Å²) in [6, 6.07) is 6.20. The number of hydrogen-bond acceptors (Lipinski definition) is 3. The van der Waals surface area contributed by atoms with E-state index in [4.69, 9.17) is 21.8 Å². The van der Waals surface area contributed by atoms with Crippen LogP contribution in [0.4, 0.5) is 0 Å². The van der Waals surface area contributed by atoms with E-state index < -0.39 is 29.1 Å². The average molecular weight is 470 g/mol. The van der Waals surface area contributed by atoms with Gasteiger partial charge in [-0.05, 0) is 36.1 Å². The van der Waals surface area contributed by atoms with Crippen molar-refractivity contribution >= 4 is 30.4 Å². The molecular weight excluding hydrogens is 440 g/mol. The van der Waals surface area contributed by atoms with Crippen molar-refractivity contribution in [1.82, 2.24) is 4.57 Å². The third-order valence-electron chi connectivity index (χ3n) is 4.72. The fourth-order valence-electron chi connectivity index (χ4n) is 3.06. The van der Waals surface area contributed by atoms with Gasteiger partial charge < -0.3 is 9.84 Å². The van der Waals surface area contributed by atoms with Gasteiger partial charge in [0.25, 0.3) is 0 Å². The molecule has 1 aliphatic heterocycles. The average Bonchev–Trinajstić information content (AvgIpc) is 3.00. The number of halogens is 2. The Morgan fingerprint density at radius 2 is 1.88 bits per heavy atom. The van der Waals surface area contributed by atoms with E-state index in [0.29, 0.717) is 5.75 Å². The van der Waals surface area contributed by atoms with Gasteiger partial charge in [0.2, 0.25) is 0 Å². The van der Waals surface area contributed by atoms with Crippen LogP contribution in [-0.2, 0) is 31.0 Å². The first kappa shape index (κ1) is 22.7. The van der Waals surface area contributed by atoms with Crippen LogP contribution in [0.2, 0.25) is 13.1 Å². The van der Waals surface area contributed by atoms with Crippen LogP contribution in [0, 0.1) is 0 Å². The number of hydrogen-bond donors (Lipinski definition) is 1. The third kappa shape index (κ3) is 5.56. The zero-order chi connectivity index (χ0) is 18.5. The zero-order valence-electron chi connectivity index (χ0n) is 15.5. The Kier molecular flexibility index (Phi) is 8.99. The molecule has 1 heterocycles.